The zero-order valence-corrected chi connectivity index (χ0v) is 10.9. The SMILES string of the molecule is CCC1CCC(C)N(C(=O)c2cccc(F)n2)C1. The molecule has 1 aromatic rings. The van der Waals surface area contributed by atoms with Crippen LogP contribution >= 0.6 is 0 Å². The fourth-order valence-electron chi connectivity index (χ4n) is 2.47. The molecule has 0 saturated carbocycles. The highest BCUT2D eigenvalue weighted by Crippen LogP contribution is 2.25. The predicted octanol–water partition coefficient (Wildman–Crippen LogP) is 2.87. The van der Waals surface area contributed by atoms with Crippen molar-refractivity contribution in [2.75, 3.05) is 6.54 Å². The first-order valence-electron chi connectivity index (χ1n) is 6.55. The maximum Gasteiger partial charge on any atom is 0.272 e. The van der Waals surface area contributed by atoms with Crippen molar-refractivity contribution in [1.29, 1.82) is 0 Å². The highest BCUT2D eigenvalue weighted by atomic mass is 19.1. The first-order chi connectivity index (χ1) is 8.61. The lowest BCUT2D eigenvalue weighted by molar-refractivity contribution is 0.0549. The molecule has 0 N–H and O–H groups in total. The van der Waals surface area contributed by atoms with Crippen LogP contribution in [0.25, 0.3) is 0 Å². The van der Waals surface area contributed by atoms with Crippen LogP contribution in [0.15, 0.2) is 18.2 Å². The van der Waals surface area contributed by atoms with Gasteiger partial charge in [0.15, 0.2) is 0 Å². The van der Waals surface area contributed by atoms with Crippen molar-refractivity contribution in [2.45, 2.75) is 39.2 Å². The second kappa shape index (κ2) is 5.46. The van der Waals surface area contributed by atoms with Gasteiger partial charge in [-0.25, -0.2) is 4.98 Å². The van der Waals surface area contributed by atoms with E-state index in [0.29, 0.717) is 5.92 Å². The minimum atomic E-state index is -0.599. The fraction of sp³-hybridized carbons (Fsp3) is 0.571. The number of aromatic nitrogens is 1. The Morgan fingerprint density at radius 2 is 2.28 bits per heavy atom. The molecule has 0 spiro atoms. The molecule has 0 radical (unpaired) electrons. The summed E-state index contributed by atoms with van der Waals surface area (Å²) in [6.45, 7) is 4.95. The lowest BCUT2D eigenvalue weighted by Crippen LogP contribution is -2.45. The zero-order chi connectivity index (χ0) is 13.1. The second-order valence-electron chi connectivity index (χ2n) is 5.00. The normalized spacial score (nSPS) is 24.1. The van der Waals surface area contributed by atoms with Gasteiger partial charge in [-0.2, -0.15) is 4.39 Å². The van der Waals surface area contributed by atoms with Crippen LogP contribution in [0.1, 0.15) is 43.6 Å². The molecule has 2 heterocycles. The average molecular weight is 250 g/mol. The highest BCUT2D eigenvalue weighted by Gasteiger charge is 2.29. The number of hydrogen-bond acceptors (Lipinski definition) is 2. The van der Waals surface area contributed by atoms with Gasteiger partial charge in [0.2, 0.25) is 5.95 Å². The Kier molecular flexibility index (Phi) is 3.94. The summed E-state index contributed by atoms with van der Waals surface area (Å²) >= 11 is 0. The lowest BCUT2D eigenvalue weighted by Gasteiger charge is -2.37. The molecule has 3 nitrogen and oxygen atoms in total. The number of rotatable bonds is 2. The van der Waals surface area contributed by atoms with Crippen LogP contribution in [-0.2, 0) is 0 Å². The first kappa shape index (κ1) is 13.0. The molecule has 18 heavy (non-hydrogen) atoms. The van der Waals surface area contributed by atoms with Crippen molar-refractivity contribution in [1.82, 2.24) is 9.88 Å². The standard InChI is InChI=1S/C14H19FN2O/c1-3-11-8-7-10(2)17(9-11)14(18)12-5-4-6-13(15)16-12/h4-6,10-11H,3,7-9H2,1-2H3. The third-order valence-electron chi connectivity index (χ3n) is 3.75. The van der Waals surface area contributed by atoms with Crippen molar-refractivity contribution >= 4 is 5.91 Å². The molecule has 1 amide bonds. The van der Waals surface area contributed by atoms with E-state index in [4.69, 9.17) is 0 Å². The maximum absolute atomic E-state index is 13.1. The van der Waals surface area contributed by atoms with E-state index in [9.17, 15) is 9.18 Å². The highest BCUT2D eigenvalue weighted by molar-refractivity contribution is 5.92. The van der Waals surface area contributed by atoms with Crippen LogP contribution in [0.2, 0.25) is 0 Å². The number of likely N-dealkylation sites (tertiary alicyclic amines) is 1. The van der Waals surface area contributed by atoms with E-state index >= 15 is 0 Å². The maximum atomic E-state index is 13.1. The van der Waals surface area contributed by atoms with Crippen LogP contribution in [0.5, 0.6) is 0 Å². The average Bonchev–Trinajstić information content (AvgIpc) is 2.38. The molecule has 0 aliphatic carbocycles. The van der Waals surface area contributed by atoms with Gasteiger partial charge in [-0.05, 0) is 37.8 Å². The number of pyridine rings is 1. The van der Waals surface area contributed by atoms with Gasteiger partial charge in [0, 0.05) is 12.6 Å². The van der Waals surface area contributed by atoms with Crippen molar-refractivity contribution < 1.29 is 9.18 Å². The van der Waals surface area contributed by atoms with Crippen LogP contribution in [0, 0.1) is 11.9 Å². The molecular formula is C14H19FN2O. The van der Waals surface area contributed by atoms with Gasteiger partial charge in [0.1, 0.15) is 5.69 Å². The third kappa shape index (κ3) is 2.68. The zero-order valence-electron chi connectivity index (χ0n) is 10.9. The molecular weight excluding hydrogens is 231 g/mol. The molecule has 1 fully saturated rings. The van der Waals surface area contributed by atoms with Gasteiger partial charge in [0.05, 0.1) is 0 Å². The van der Waals surface area contributed by atoms with Gasteiger partial charge in [0.25, 0.3) is 5.91 Å². The summed E-state index contributed by atoms with van der Waals surface area (Å²) < 4.78 is 13.1. The Labute approximate surface area is 107 Å². The molecule has 0 aromatic carbocycles. The van der Waals surface area contributed by atoms with E-state index in [1.54, 1.807) is 6.07 Å². The lowest BCUT2D eigenvalue weighted by atomic mass is 9.91. The van der Waals surface area contributed by atoms with E-state index in [2.05, 4.69) is 11.9 Å². The molecule has 0 bridgehead atoms. The quantitative estimate of drug-likeness (QED) is 0.756. The Bertz CT molecular complexity index is 436. The van der Waals surface area contributed by atoms with Crippen molar-refractivity contribution in [3.05, 3.63) is 29.8 Å². The molecule has 1 aliphatic rings. The molecule has 2 rings (SSSR count). The van der Waals surface area contributed by atoms with Crippen LogP contribution in [0.4, 0.5) is 4.39 Å². The smallest absolute Gasteiger partial charge is 0.272 e. The van der Waals surface area contributed by atoms with Gasteiger partial charge in [-0.3, -0.25) is 4.79 Å². The largest absolute Gasteiger partial charge is 0.334 e. The summed E-state index contributed by atoms with van der Waals surface area (Å²) in [5.74, 6) is -0.198. The number of amides is 1. The first-order valence-corrected chi connectivity index (χ1v) is 6.55. The minimum Gasteiger partial charge on any atom is -0.334 e. The van der Waals surface area contributed by atoms with Crippen molar-refractivity contribution in [3.8, 4) is 0 Å². The van der Waals surface area contributed by atoms with Gasteiger partial charge >= 0.3 is 0 Å². The van der Waals surface area contributed by atoms with E-state index < -0.39 is 5.95 Å². The molecule has 1 aromatic heterocycles. The van der Waals surface area contributed by atoms with Gasteiger partial charge in [-0.1, -0.05) is 19.4 Å². The number of carbonyl (C=O) groups excluding carboxylic acids is 1. The summed E-state index contributed by atoms with van der Waals surface area (Å²) in [5.41, 5.74) is 0.207. The fourth-order valence-corrected chi connectivity index (χ4v) is 2.47. The molecule has 1 saturated heterocycles. The Balaban J connectivity index is 2.16. The van der Waals surface area contributed by atoms with E-state index in [0.717, 1.165) is 25.8 Å². The van der Waals surface area contributed by atoms with Gasteiger partial charge < -0.3 is 4.90 Å². The number of carbonyl (C=O) groups is 1. The Hall–Kier alpha value is -1.45. The number of hydrogen-bond donors (Lipinski definition) is 0. The number of halogens is 1. The third-order valence-corrected chi connectivity index (χ3v) is 3.75. The molecule has 2 unspecified atom stereocenters. The number of piperidine rings is 1. The van der Waals surface area contributed by atoms with Crippen molar-refractivity contribution in [3.63, 3.8) is 0 Å². The molecule has 2 atom stereocenters. The molecule has 98 valence electrons. The van der Waals surface area contributed by atoms with E-state index in [1.807, 2.05) is 11.8 Å². The van der Waals surface area contributed by atoms with Crippen LogP contribution < -0.4 is 0 Å². The summed E-state index contributed by atoms with van der Waals surface area (Å²) in [4.78, 5) is 17.8. The summed E-state index contributed by atoms with van der Waals surface area (Å²) in [5, 5.41) is 0. The summed E-state index contributed by atoms with van der Waals surface area (Å²) in [6, 6.07) is 4.57. The van der Waals surface area contributed by atoms with Crippen LogP contribution in [-0.4, -0.2) is 28.4 Å². The van der Waals surface area contributed by atoms with Crippen LogP contribution in [0.3, 0.4) is 0 Å². The van der Waals surface area contributed by atoms with Crippen molar-refractivity contribution in [2.24, 2.45) is 5.92 Å². The monoisotopic (exact) mass is 250 g/mol. The van der Waals surface area contributed by atoms with E-state index in [1.165, 1.54) is 12.1 Å². The predicted molar refractivity (Wildman–Crippen MR) is 67.7 cm³/mol. The Morgan fingerprint density at radius 1 is 1.50 bits per heavy atom. The molecule has 4 heteroatoms. The summed E-state index contributed by atoms with van der Waals surface area (Å²) in [7, 11) is 0. The topological polar surface area (TPSA) is 33.2 Å². The van der Waals surface area contributed by atoms with Gasteiger partial charge in [-0.15, -0.1) is 0 Å². The molecule has 1 aliphatic heterocycles. The van der Waals surface area contributed by atoms with E-state index in [-0.39, 0.29) is 17.6 Å². The number of nitrogens with zero attached hydrogens (tertiary/aromatic N) is 2. The summed E-state index contributed by atoms with van der Waals surface area (Å²) in [6.07, 6.45) is 3.25. The second-order valence-corrected chi connectivity index (χ2v) is 5.00. The Morgan fingerprint density at radius 3 is 2.94 bits per heavy atom. The minimum absolute atomic E-state index is 0.153.